The molecule has 0 saturated heterocycles. The Kier molecular flexibility index (Phi) is 3.93. The highest BCUT2D eigenvalue weighted by Crippen LogP contribution is 2.34. The van der Waals surface area contributed by atoms with Crippen molar-refractivity contribution in [1.29, 1.82) is 5.41 Å². The Morgan fingerprint density at radius 2 is 2.10 bits per heavy atom. The zero-order chi connectivity index (χ0) is 15.4. The van der Waals surface area contributed by atoms with Crippen molar-refractivity contribution < 1.29 is 14.4 Å². The molecule has 0 spiro atoms. The molecule has 0 atom stereocenters. The number of amidine groups is 1. The topological polar surface area (TPSA) is 137 Å². The Labute approximate surface area is 119 Å². The third kappa shape index (κ3) is 3.03. The summed E-state index contributed by atoms with van der Waals surface area (Å²) in [6.45, 7) is 0. The SMILES string of the molecule is COc1ccc(Oc2nccnc2C(=N)N)c([N+](=O)[O-])c1. The molecule has 2 rings (SSSR count). The van der Waals surface area contributed by atoms with Crippen LogP contribution in [0.25, 0.3) is 0 Å². The summed E-state index contributed by atoms with van der Waals surface area (Å²) in [5, 5.41) is 18.5. The molecule has 21 heavy (non-hydrogen) atoms. The van der Waals surface area contributed by atoms with Crippen LogP contribution in [0.5, 0.6) is 17.4 Å². The normalized spacial score (nSPS) is 9.95. The molecule has 0 bridgehead atoms. The van der Waals surface area contributed by atoms with Gasteiger partial charge < -0.3 is 15.2 Å². The Balaban J connectivity index is 2.45. The molecule has 0 amide bonds. The van der Waals surface area contributed by atoms with E-state index in [0.717, 1.165) is 0 Å². The maximum Gasteiger partial charge on any atom is 0.315 e. The number of ether oxygens (including phenoxy) is 2. The molecular formula is C12H11N5O4. The second-order valence-corrected chi connectivity index (χ2v) is 3.82. The summed E-state index contributed by atoms with van der Waals surface area (Å²) >= 11 is 0. The number of nitro benzene ring substituents is 1. The van der Waals surface area contributed by atoms with Crippen molar-refractivity contribution in [3.8, 4) is 17.4 Å². The van der Waals surface area contributed by atoms with Crippen LogP contribution < -0.4 is 15.2 Å². The van der Waals surface area contributed by atoms with E-state index < -0.39 is 4.92 Å². The molecule has 1 aromatic carbocycles. The van der Waals surface area contributed by atoms with Crippen LogP contribution in [0.15, 0.2) is 30.6 Å². The molecule has 9 nitrogen and oxygen atoms in total. The highest BCUT2D eigenvalue weighted by Gasteiger charge is 2.20. The van der Waals surface area contributed by atoms with Gasteiger partial charge >= 0.3 is 5.69 Å². The summed E-state index contributed by atoms with van der Waals surface area (Å²) in [6, 6.07) is 4.10. The molecule has 0 unspecified atom stereocenters. The first-order chi connectivity index (χ1) is 10.0. The zero-order valence-electron chi connectivity index (χ0n) is 10.9. The number of nitrogens with zero attached hydrogens (tertiary/aromatic N) is 3. The van der Waals surface area contributed by atoms with Gasteiger partial charge in [0.15, 0.2) is 5.69 Å². The predicted octanol–water partition coefficient (Wildman–Crippen LogP) is 1.47. The highest BCUT2D eigenvalue weighted by atomic mass is 16.6. The van der Waals surface area contributed by atoms with Gasteiger partial charge in [-0.05, 0) is 12.1 Å². The fourth-order valence-electron chi connectivity index (χ4n) is 1.54. The fourth-order valence-corrected chi connectivity index (χ4v) is 1.54. The van der Waals surface area contributed by atoms with Crippen LogP contribution in [0.3, 0.4) is 0 Å². The van der Waals surface area contributed by atoms with Gasteiger partial charge in [-0.2, -0.15) is 0 Å². The first-order valence-electron chi connectivity index (χ1n) is 5.68. The first-order valence-corrected chi connectivity index (χ1v) is 5.68. The van der Waals surface area contributed by atoms with Gasteiger partial charge in [0.2, 0.25) is 11.6 Å². The van der Waals surface area contributed by atoms with Crippen molar-refractivity contribution >= 4 is 11.5 Å². The van der Waals surface area contributed by atoms with E-state index in [-0.39, 0.29) is 28.8 Å². The molecule has 0 aliphatic carbocycles. The average Bonchev–Trinajstić information content (AvgIpc) is 2.47. The van der Waals surface area contributed by atoms with E-state index in [1.807, 2.05) is 0 Å². The molecule has 0 fully saturated rings. The van der Waals surface area contributed by atoms with Crippen molar-refractivity contribution in [2.75, 3.05) is 7.11 Å². The largest absolute Gasteiger partial charge is 0.496 e. The molecule has 1 heterocycles. The second kappa shape index (κ2) is 5.82. The van der Waals surface area contributed by atoms with Gasteiger partial charge in [0.1, 0.15) is 11.6 Å². The molecule has 1 aromatic heterocycles. The third-order valence-corrected chi connectivity index (χ3v) is 2.49. The summed E-state index contributed by atoms with van der Waals surface area (Å²) in [5.74, 6) is -0.170. The fraction of sp³-hybridized carbons (Fsp3) is 0.0833. The van der Waals surface area contributed by atoms with E-state index in [4.69, 9.17) is 20.6 Å². The van der Waals surface area contributed by atoms with Gasteiger partial charge in [-0.25, -0.2) is 9.97 Å². The van der Waals surface area contributed by atoms with E-state index in [2.05, 4.69) is 9.97 Å². The van der Waals surface area contributed by atoms with Gasteiger partial charge in [-0.15, -0.1) is 0 Å². The summed E-state index contributed by atoms with van der Waals surface area (Å²) in [7, 11) is 1.40. The molecule has 2 aromatic rings. The second-order valence-electron chi connectivity index (χ2n) is 3.82. The number of nitrogens with two attached hydrogens (primary N) is 1. The lowest BCUT2D eigenvalue weighted by Crippen LogP contribution is -2.15. The van der Waals surface area contributed by atoms with Gasteiger partial charge in [0.25, 0.3) is 0 Å². The van der Waals surface area contributed by atoms with Crippen LogP contribution in [0.2, 0.25) is 0 Å². The maximum absolute atomic E-state index is 11.1. The van der Waals surface area contributed by atoms with E-state index in [9.17, 15) is 10.1 Å². The third-order valence-electron chi connectivity index (χ3n) is 2.49. The quantitative estimate of drug-likeness (QED) is 0.368. The molecule has 108 valence electrons. The van der Waals surface area contributed by atoms with E-state index in [1.54, 1.807) is 0 Å². The van der Waals surface area contributed by atoms with Gasteiger partial charge in [0, 0.05) is 12.4 Å². The Morgan fingerprint density at radius 3 is 2.71 bits per heavy atom. The van der Waals surface area contributed by atoms with Crippen LogP contribution in [-0.2, 0) is 0 Å². The van der Waals surface area contributed by atoms with E-state index >= 15 is 0 Å². The first kappa shape index (κ1) is 14.2. The standard InChI is InChI=1S/C12H11N5O4/c1-20-7-2-3-9(8(6-7)17(18)19)21-12-10(11(13)14)15-4-5-16-12/h2-6H,1H3,(H3,13,14). The minimum atomic E-state index is -0.609. The molecule has 0 saturated carbocycles. The smallest absolute Gasteiger partial charge is 0.315 e. The van der Waals surface area contributed by atoms with Crippen LogP contribution in [0.4, 0.5) is 5.69 Å². The van der Waals surface area contributed by atoms with Crippen molar-refractivity contribution in [3.05, 3.63) is 46.4 Å². The summed E-state index contributed by atoms with van der Waals surface area (Å²) in [4.78, 5) is 18.2. The number of rotatable bonds is 5. The molecule has 3 N–H and O–H groups in total. The molecular weight excluding hydrogens is 278 g/mol. The predicted molar refractivity (Wildman–Crippen MR) is 72.8 cm³/mol. The Bertz CT molecular complexity index is 704. The van der Waals surface area contributed by atoms with E-state index in [0.29, 0.717) is 5.75 Å². The summed E-state index contributed by atoms with van der Waals surface area (Å²) in [6.07, 6.45) is 2.67. The zero-order valence-corrected chi connectivity index (χ0v) is 10.9. The number of hydrogen-bond acceptors (Lipinski definition) is 7. The Hall–Kier alpha value is -3.23. The van der Waals surface area contributed by atoms with Crippen molar-refractivity contribution in [2.45, 2.75) is 0 Å². The average molecular weight is 289 g/mol. The lowest BCUT2D eigenvalue weighted by Gasteiger charge is -2.09. The van der Waals surface area contributed by atoms with Crippen LogP contribution in [-0.4, -0.2) is 27.8 Å². The van der Waals surface area contributed by atoms with Crippen LogP contribution >= 0.6 is 0 Å². The maximum atomic E-state index is 11.1. The van der Waals surface area contributed by atoms with Crippen molar-refractivity contribution in [2.24, 2.45) is 5.73 Å². The van der Waals surface area contributed by atoms with Gasteiger partial charge in [0.05, 0.1) is 18.1 Å². The minimum Gasteiger partial charge on any atom is -0.496 e. The van der Waals surface area contributed by atoms with Crippen molar-refractivity contribution in [3.63, 3.8) is 0 Å². The summed E-state index contributed by atoms with van der Waals surface area (Å²) < 4.78 is 10.3. The lowest BCUT2D eigenvalue weighted by molar-refractivity contribution is -0.385. The van der Waals surface area contributed by atoms with Gasteiger partial charge in [-0.1, -0.05) is 0 Å². The number of methoxy groups -OCH3 is 1. The Morgan fingerprint density at radius 1 is 1.38 bits per heavy atom. The molecule has 0 aliphatic rings. The minimum absolute atomic E-state index is 0.00242. The molecule has 0 radical (unpaired) electrons. The lowest BCUT2D eigenvalue weighted by atomic mass is 10.3. The number of hydrogen-bond donors (Lipinski definition) is 2. The number of benzene rings is 1. The molecule has 0 aliphatic heterocycles. The number of nitrogen functional groups attached to an aromatic ring is 1. The molecule has 9 heteroatoms. The monoisotopic (exact) mass is 289 g/mol. The van der Waals surface area contributed by atoms with Crippen LogP contribution in [0.1, 0.15) is 5.69 Å². The van der Waals surface area contributed by atoms with Crippen molar-refractivity contribution in [1.82, 2.24) is 9.97 Å². The number of aromatic nitrogens is 2. The van der Waals surface area contributed by atoms with E-state index in [1.165, 1.54) is 37.7 Å². The van der Waals surface area contributed by atoms with Gasteiger partial charge in [-0.3, -0.25) is 15.5 Å². The highest BCUT2D eigenvalue weighted by molar-refractivity contribution is 5.95. The number of nitro groups is 1. The number of nitrogens with one attached hydrogen (secondary N) is 1. The summed E-state index contributed by atoms with van der Waals surface area (Å²) in [5.41, 5.74) is 5.06. The van der Waals surface area contributed by atoms with Crippen LogP contribution in [0, 0.1) is 15.5 Å².